The first kappa shape index (κ1) is 17.2. The number of nitrogens with one attached hydrogen (secondary N) is 2. The third-order valence-corrected chi connectivity index (χ3v) is 6.21. The molecule has 2 aliphatic carbocycles. The van der Waals surface area contributed by atoms with Crippen LogP contribution in [0.3, 0.4) is 0 Å². The summed E-state index contributed by atoms with van der Waals surface area (Å²) in [5.41, 5.74) is 0. The van der Waals surface area contributed by atoms with Crippen molar-refractivity contribution in [1.82, 2.24) is 10.6 Å². The largest absolute Gasteiger partial charge is 0.378 e. The zero-order valence-electron chi connectivity index (χ0n) is 14.7. The van der Waals surface area contributed by atoms with Gasteiger partial charge in [-0.3, -0.25) is 4.79 Å². The molecule has 3 fully saturated rings. The molecule has 0 radical (unpaired) electrons. The van der Waals surface area contributed by atoms with Gasteiger partial charge in [-0.15, -0.1) is 0 Å². The van der Waals surface area contributed by atoms with Gasteiger partial charge in [-0.2, -0.15) is 0 Å². The second-order valence-corrected chi connectivity index (χ2v) is 7.72. The third-order valence-electron chi connectivity index (χ3n) is 6.21. The van der Waals surface area contributed by atoms with Gasteiger partial charge in [-0.1, -0.05) is 25.7 Å². The van der Waals surface area contributed by atoms with Crippen LogP contribution >= 0.6 is 0 Å². The summed E-state index contributed by atoms with van der Waals surface area (Å²) < 4.78 is 5.94. The number of rotatable bonds is 7. The first-order valence-corrected chi connectivity index (χ1v) is 9.93. The van der Waals surface area contributed by atoms with Crippen molar-refractivity contribution in [3.05, 3.63) is 0 Å². The van der Waals surface area contributed by atoms with E-state index in [0.29, 0.717) is 18.1 Å². The fourth-order valence-electron chi connectivity index (χ4n) is 4.98. The third kappa shape index (κ3) is 4.48. The first-order valence-electron chi connectivity index (χ1n) is 9.93. The Kier molecular flexibility index (Phi) is 6.35. The highest BCUT2D eigenvalue weighted by molar-refractivity contribution is 5.82. The number of amides is 1. The van der Waals surface area contributed by atoms with E-state index >= 15 is 0 Å². The fourth-order valence-corrected chi connectivity index (χ4v) is 4.98. The molecule has 4 heteroatoms. The van der Waals surface area contributed by atoms with Crippen molar-refractivity contribution in [2.24, 2.45) is 11.8 Å². The highest BCUT2D eigenvalue weighted by Crippen LogP contribution is 2.33. The first-order chi connectivity index (χ1) is 11.3. The predicted molar refractivity (Wildman–Crippen MR) is 92.3 cm³/mol. The molecule has 2 saturated carbocycles. The molecule has 3 rings (SSSR count). The van der Waals surface area contributed by atoms with Crippen LogP contribution in [0.2, 0.25) is 0 Å². The van der Waals surface area contributed by atoms with E-state index in [1.165, 1.54) is 51.4 Å². The Labute approximate surface area is 141 Å². The van der Waals surface area contributed by atoms with E-state index in [0.717, 1.165) is 31.9 Å². The number of carbonyl (C=O) groups excluding carboxylic acids is 1. The molecule has 1 saturated heterocycles. The molecule has 0 aromatic carbocycles. The second-order valence-electron chi connectivity index (χ2n) is 7.72. The van der Waals surface area contributed by atoms with Crippen LogP contribution in [-0.4, -0.2) is 37.2 Å². The van der Waals surface area contributed by atoms with Gasteiger partial charge in [0.15, 0.2) is 0 Å². The molecule has 0 bridgehead atoms. The molecular weight excluding hydrogens is 288 g/mol. The zero-order valence-corrected chi connectivity index (χ0v) is 14.7. The van der Waals surface area contributed by atoms with Gasteiger partial charge >= 0.3 is 0 Å². The van der Waals surface area contributed by atoms with Gasteiger partial charge in [0.2, 0.25) is 5.91 Å². The lowest BCUT2D eigenvalue weighted by atomic mass is 9.85. The molecule has 2 N–H and O–H groups in total. The van der Waals surface area contributed by atoms with Crippen LogP contribution in [0.4, 0.5) is 0 Å². The van der Waals surface area contributed by atoms with E-state index in [2.05, 4.69) is 17.6 Å². The van der Waals surface area contributed by atoms with E-state index in [4.69, 9.17) is 4.74 Å². The molecule has 0 aromatic heterocycles. The molecule has 4 unspecified atom stereocenters. The number of hydrogen-bond donors (Lipinski definition) is 2. The van der Waals surface area contributed by atoms with Crippen molar-refractivity contribution in [3.8, 4) is 0 Å². The van der Waals surface area contributed by atoms with E-state index in [1.54, 1.807) is 0 Å². The summed E-state index contributed by atoms with van der Waals surface area (Å²) in [4.78, 5) is 12.4. The Morgan fingerprint density at radius 1 is 1.17 bits per heavy atom. The van der Waals surface area contributed by atoms with E-state index in [9.17, 15) is 4.79 Å². The van der Waals surface area contributed by atoms with Crippen LogP contribution in [0.15, 0.2) is 0 Å². The summed E-state index contributed by atoms with van der Waals surface area (Å²) in [7, 11) is 0. The van der Waals surface area contributed by atoms with Crippen LogP contribution in [0.5, 0.6) is 0 Å². The number of fused-ring (bicyclic) bond motifs is 1. The number of hydrogen-bond acceptors (Lipinski definition) is 3. The summed E-state index contributed by atoms with van der Waals surface area (Å²) in [6, 6.07) is 0.634. The molecule has 1 amide bonds. The fraction of sp³-hybridized carbons (Fsp3) is 0.947. The minimum absolute atomic E-state index is 0.0418. The van der Waals surface area contributed by atoms with Gasteiger partial charge in [-0.25, -0.2) is 0 Å². The van der Waals surface area contributed by atoms with Gasteiger partial charge in [0.25, 0.3) is 0 Å². The molecular formula is C19H34N2O2. The van der Waals surface area contributed by atoms with Gasteiger partial charge in [0.1, 0.15) is 0 Å². The minimum Gasteiger partial charge on any atom is -0.378 e. The molecule has 0 aromatic rings. The molecule has 1 aliphatic heterocycles. The van der Waals surface area contributed by atoms with Crippen molar-refractivity contribution in [2.45, 2.75) is 89.3 Å². The summed E-state index contributed by atoms with van der Waals surface area (Å²) in [5, 5.41) is 6.73. The standard InChI is InChI=1S/C19H34N2O2/c1-2-23-18(14-7-3-4-8-14)11-12-20-19(22)17-13-15-9-5-6-10-16(15)21-17/h14-18,21H,2-13H2,1H3,(H,20,22). The normalized spacial score (nSPS) is 32.7. The smallest absolute Gasteiger partial charge is 0.237 e. The molecule has 4 atom stereocenters. The Morgan fingerprint density at radius 3 is 2.65 bits per heavy atom. The predicted octanol–water partition coefficient (Wildman–Crippen LogP) is 3.01. The molecule has 23 heavy (non-hydrogen) atoms. The SMILES string of the molecule is CCOC(CCNC(=O)C1CC2CCCCC2N1)C1CCCC1. The van der Waals surface area contributed by atoms with Crippen molar-refractivity contribution >= 4 is 5.91 Å². The molecule has 0 spiro atoms. The maximum Gasteiger partial charge on any atom is 0.237 e. The highest BCUT2D eigenvalue weighted by atomic mass is 16.5. The van der Waals surface area contributed by atoms with E-state index < -0.39 is 0 Å². The molecule has 1 heterocycles. The minimum atomic E-state index is 0.0418. The van der Waals surface area contributed by atoms with Crippen LogP contribution < -0.4 is 10.6 Å². The highest BCUT2D eigenvalue weighted by Gasteiger charge is 2.38. The second kappa shape index (κ2) is 8.48. The van der Waals surface area contributed by atoms with Crippen LogP contribution in [-0.2, 0) is 9.53 Å². The van der Waals surface area contributed by atoms with Crippen molar-refractivity contribution in [1.29, 1.82) is 0 Å². The molecule has 132 valence electrons. The average Bonchev–Trinajstić information content (AvgIpc) is 3.23. The Bertz CT molecular complexity index is 368. The summed E-state index contributed by atoms with van der Waals surface area (Å²) in [5.74, 6) is 1.65. The maximum atomic E-state index is 12.4. The van der Waals surface area contributed by atoms with Gasteiger partial charge in [-0.05, 0) is 57.3 Å². The Balaban J connectivity index is 1.39. The van der Waals surface area contributed by atoms with Gasteiger partial charge in [0, 0.05) is 19.2 Å². The lowest BCUT2D eigenvalue weighted by Gasteiger charge is -2.24. The van der Waals surface area contributed by atoms with Crippen molar-refractivity contribution in [3.63, 3.8) is 0 Å². The topological polar surface area (TPSA) is 50.4 Å². The number of ether oxygens (including phenoxy) is 1. The summed E-state index contributed by atoms with van der Waals surface area (Å²) in [6.07, 6.45) is 12.8. The lowest BCUT2D eigenvalue weighted by molar-refractivity contribution is -0.123. The number of carbonyl (C=O) groups is 1. The van der Waals surface area contributed by atoms with Gasteiger partial charge < -0.3 is 15.4 Å². The summed E-state index contributed by atoms with van der Waals surface area (Å²) in [6.45, 7) is 3.61. The quantitative estimate of drug-likeness (QED) is 0.757. The Hall–Kier alpha value is -0.610. The zero-order chi connectivity index (χ0) is 16.1. The maximum absolute atomic E-state index is 12.4. The van der Waals surface area contributed by atoms with Crippen molar-refractivity contribution in [2.75, 3.05) is 13.2 Å². The van der Waals surface area contributed by atoms with E-state index in [1.807, 2.05) is 0 Å². The Morgan fingerprint density at radius 2 is 1.91 bits per heavy atom. The average molecular weight is 322 g/mol. The lowest BCUT2D eigenvalue weighted by Crippen LogP contribution is -2.44. The molecule has 4 nitrogen and oxygen atoms in total. The van der Waals surface area contributed by atoms with Crippen LogP contribution in [0.25, 0.3) is 0 Å². The molecule has 3 aliphatic rings. The van der Waals surface area contributed by atoms with Crippen LogP contribution in [0.1, 0.15) is 71.1 Å². The van der Waals surface area contributed by atoms with Crippen molar-refractivity contribution < 1.29 is 9.53 Å². The van der Waals surface area contributed by atoms with Crippen LogP contribution in [0, 0.1) is 11.8 Å². The summed E-state index contributed by atoms with van der Waals surface area (Å²) >= 11 is 0. The monoisotopic (exact) mass is 322 g/mol. The van der Waals surface area contributed by atoms with E-state index in [-0.39, 0.29) is 11.9 Å². The van der Waals surface area contributed by atoms with Gasteiger partial charge in [0.05, 0.1) is 12.1 Å².